The summed E-state index contributed by atoms with van der Waals surface area (Å²) >= 11 is 0. The molecule has 1 fully saturated rings. The van der Waals surface area contributed by atoms with E-state index in [1.165, 1.54) is 35.5 Å². The third kappa shape index (κ3) is 4.90. The molecule has 0 unspecified atom stereocenters. The van der Waals surface area contributed by atoms with Crippen molar-refractivity contribution in [2.24, 2.45) is 0 Å². The van der Waals surface area contributed by atoms with Crippen molar-refractivity contribution in [3.8, 4) is 0 Å². The normalized spacial score (nSPS) is 16.9. The largest absolute Gasteiger partial charge is 0.325 e. The van der Waals surface area contributed by atoms with Gasteiger partial charge in [-0.25, -0.2) is 8.42 Å². The number of rotatable bonds is 6. The molecule has 7 nitrogen and oxygen atoms in total. The minimum absolute atomic E-state index is 0.106. The highest BCUT2D eigenvalue weighted by Gasteiger charge is 2.31. The summed E-state index contributed by atoms with van der Waals surface area (Å²) in [6.45, 7) is 4.81. The summed E-state index contributed by atoms with van der Waals surface area (Å²) in [6.07, 6.45) is 0. The summed E-state index contributed by atoms with van der Waals surface area (Å²) in [6, 6.07) is 14.9. The number of hydrogen-bond donors (Lipinski definition) is 1. The molecule has 2 aromatic rings. The predicted molar refractivity (Wildman–Crippen MR) is 111 cm³/mol. The van der Waals surface area contributed by atoms with Gasteiger partial charge in [-0.1, -0.05) is 30.3 Å². The molecule has 1 heterocycles. The highest BCUT2D eigenvalue weighted by Crippen LogP contribution is 2.19. The molecular weight excluding hydrogens is 390 g/mol. The van der Waals surface area contributed by atoms with Gasteiger partial charge in [-0.05, 0) is 38.1 Å². The Morgan fingerprint density at radius 1 is 0.931 bits per heavy atom. The van der Waals surface area contributed by atoms with Crippen LogP contribution in [0.5, 0.6) is 0 Å². The van der Waals surface area contributed by atoms with E-state index in [4.69, 9.17) is 0 Å². The Balaban J connectivity index is 1.60. The van der Waals surface area contributed by atoms with E-state index in [1.807, 2.05) is 42.2 Å². The number of nitrogens with one attached hydrogen (secondary N) is 1. The molecule has 2 aromatic carbocycles. The zero-order valence-electron chi connectivity index (χ0n) is 16.5. The van der Waals surface area contributed by atoms with E-state index in [9.17, 15) is 18.0 Å². The Labute approximate surface area is 171 Å². The van der Waals surface area contributed by atoms with E-state index in [-0.39, 0.29) is 22.6 Å². The lowest BCUT2D eigenvalue weighted by Crippen LogP contribution is -2.53. The second-order valence-electron chi connectivity index (χ2n) is 7.05. The average molecular weight is 416 g/mol. The van der Waals surface area contributed by atoms with Crippen LogP contribution in [0.2, 0.25) is 0 Å². The minimum atomic E-state index is -3.63. The number of sulfonamides is 1. The molecule has 0 spiro atoms. The van der Waals surface area contributed by atoms with Gasteiger partial charge in [0.05, 0.1) is 10.9 Å². The lowest BCUT2D eigenvalue weighted by atomic mass is 10.2. The number of Topliss-reactive ketones (excluding diaryl/α,β-unsaturated/α-hetero) is 1. The van der Waals surface area contributed by atoms with Crippen molar-refractivity contribution < 1.29 is 18.0 Å². The number of carbonyl (C=O) groups excluding carboxylic acids is 2. The van der Waals surface area contributed by atoms with Gasteiger partial charge in [0.25, 0.3) is 0 Å². The van der Waals surface area contributed by atoms with Gasteiger partial charge in [-0.2, -0.15) is 4.31 Å². The Hall–Kier alpha value is -2.55. The molecule has 0 saturated carbocycles. The number of amides is 1. The van der Waals surface area contributed by atoms with Crippen LogP contribution in [0.4, 0.5) is 5.69 Å². The second-order valence-corrected chi connectivity index (χ2v) is 8.99. The number of hydrogen-bond acceptors (Lipinski definition) is 5. The van der Waals surface area contributed by atoms with Crippen LogP contribution < -0.4 is 5.32 Å². The van der Waals surface area contributed by atoms with E-state index in [0.717, 1.165) is 5.69 Å². The molecule has 8 heteroatoms. The molecule has 0 bridgehead atoms. The van der Waals surface area contributed by atoms with Crippen molar-refractivity contribution in [3.05, 3.63) is 60.2 Å². The van der Waals surface area contributed by atoms with Gasteiger partial charge in [0, 0.05) is 37.4 Å². The predicted octanol–water partition coefficient (Wildman–Crippen LogP) is 2.22. The van der Waals surface area contributed by atoms with Crippen LogP contribution in [0, 0.1) is 0 Å². The van der Waals surface area contributed by atoms with Gasteiger partial charge >= 0.3 is 0 Å². The monoisotopic (exact) mass is 415 g/mol. The Morgan fingerprint density at radius 3 is 2.07 bits per heavy atom. The van der Waals surface area contributed by atoms with Crippen LogP contribution in [-0.2, 0) is 14.8 Å². The van der Waals surface area contributed by atoms with Crippen molar-refractivity contribution in [1.29, 1.82) is 0 Å². The zero-order chi connectivity index (χ0) is 21.0. The van der Waals surface area contributed by atoms with Crippen LogP contribution in [0.1, 0.15) is 24.2 Å². The molecule has 1 aliphatic rings. The quantitative estimate of drug-likeness (QED) is 0.731. The van der Waals surface area contributed by atoms with E-state index in [0.29, 0.717) is 31.7 Å². The number of anilines is 1. The van der Waals surface area contributed by atoms with E-state index >= 15 is 0 Å². The maximum atomic E-state index is 12.9. The summed E-state index contributed by atoms with van der Waals surface area (Å²) in [7, 11) is -3.63. The lowest BCUT2D eigenvalue weighted by molar-refractivity contribution is -0.121. The summed E-state index contributed by atoms with van der Waals surface area (Å²) in [5.41, 5.74) is 1.21. The second kappa shape index (κ2) is 8.86. The summed E-state index contributed by atoms with van der Waals surface area (Å²) in [4.78, 5) is 26.0. The number of nitrogens with zero attached hydrogens (tertiary/aromatic N) is 2. The molecule has 29 heavy (non-hydrogen) atoms. The number of benzene rings is 2. The van der Waals surface area contributed by atoms with Crippen LogP contribution in [0.25, 0.3) is 0 Å². The van der Waals surface area contributed by atoms with Crippen molar-refractivity contribution in [1.82, 2.24) is 9.21 Å². The Bertz CT molecular complexity index is 967. The first-order valence-electron chi connectivity index (χ1n) is 9.50. The van der Waals surface area contributed by atoms with E-state index < -0.39 is 10.0 Å². The molecule has 0 aromatic heterocycles. The molecule has 1 aliphatic heterocycles. The lowest BCUT2D eigenvalue weighted by Gasteiger charge is -2.36. The molecule has 154 valence electrons. The van der Waals surface area contributed by atoms with Crippen molar-refractivity contribution in [3.63, 3.8) is 0 Å². The number of carbonyl (C=O) groups is 2. The summed E-state index contributed by atoms with van der Waals surface area (Å²) in [5, 5.41) is 2.88. The first-order valence-corrected chi connectivity index (χ1v) is 10.9. The van der Waals surface area contributed by atoms with Gasteiger partial charge in [-0.15, -0.1) is 0 Å². The molecule has 1 atom stereocenters. The number of piperazine rings is 1. The highest BCUT2D eigenvalue weighted by atomic mass is 32.2. The topological polar surface area (TPSA) is 86.8 Å². The van der Waals surface area contributed by atoms with Crippen LogP contribution in [-0.4, -0.2) is 61.5 Å². The van der Waals surface area contributed by atoms with Crippen molar-refractivity contribution in [2.75, 3.05) is 31.5 Å². The zero-order valence-corrected chi connectivity index (χ0v) is 17.4. The Morgan fingerprint density at radius 2 is 1.52 bits per heavy atom. The first-order chi connectivity index (χ1) is 13.8. The molecule has 3 rings (SSSR count). The van der Waals surface area contributed by atoms with E-state index in [2.05, 4.69) is 5.32 Å². The maximum absolute atomic E-state index is 12.9. The number of para-hydroxylation sites is 1. The van der Waals surface area contributed by atoms with Crippen molar-refractivity contribution in [2.45, 2.75) is 24.8 Å². The van der Waals surface area contributed by atoms with Crippen LogP contribution in [0.3, 0.4) is 0 Å². The third-order valence-corrected chi connectivity index (χ3v) is 7.05. The smallest absolute Gasteiger partial charge is 0.243 e. The van der Waals surface area contributed by atoms with E-state index in [1.54, 1.807) is 0 Å². The highest BCUT2D eigenvalue weighted by molar-refractivity contribution is 7.89. The molecule has 1 saturated heterocycles. The van der Waals surface area contributed by atoms with Crippen molar-refractivity contribution >= 4 is 27.4 Å². The van der Waals surface area contributed by atoms with Gasteiger partial charge < -0.3 is 5.32 Å². The molecule has 1 amide bonds. The first kappa shape index (κ1) is 21.2. The summed E-state index contributed by atoms with van der Waals surface area (Å²) in [5.74, 6) is -0.224. The van der Waals surface area contributed by atoms with Crippen LogP contribution in [0.15, 0.2) is 59.5 Å². The SMILES string of the molecule is CC(=O)c1ccc(S(=O)(=O)N2CCN([C@H](C)C(=O)Nc3ccccc3)CC2)cc1. The van der Waals surface area contributed by atoms with Gasteiger partial charge in [0.15, 0.2) is 5.78 Å². The van der Waals surface area contributed by atoms with Crippen LogP contribution >= 0.6 is 0 Å². The fourth-order valence-corrected chi connectivity index (χ4v) is 4.70. The van der Waals surface area contributed by atoms with Gasteiger partial charge in [0.1, 0.15) is 0 Å². The standard InChI is InChI=1S/C21H25N3O4S/c1-16(21(26)22-19-6-4-3-5-7-19)23-12-14-24(15-13-23)29(27,28)20-10-8-18(9-11-20)17(2)25/h3-11,16H,12-15H2,1-2H3,(H,22,26)/t16-/m1/s1. The molecular formula is C21H25N3O4S. The van der Waals surface area contributed by atoms with Gasteiger partial charge in [0.2, 0.25) is 15.9 Å². The minimum Gasteiger partial charge on any atom is -0.325 e. The molecule has 1 N–H and O–H groups in total. The molecule has 0 radical (unpaired) electrons. The molecule has 0 aliphatic carbocycles. The summed E-state index contributed by atoms with van der Waals surface area (Å²) < 4.78 is 27.2. The average Bonchev–Trinajstić information content (AvgIpc) is 2.74. The Kier molecular flexibility index (Phi) is 6.46. The maximum Gasteiger partial charge on any atom is 0.243 e. The van der Waals surface area contributed by atoms with Gasteiger partial charge in [-0.3, -0.25) is 14.5 Å². The fraction of sp³-hybridized carbons (Fsp3) is 0.333. The number of ketones is 1. The third-order valence-electron chi connectivity index (χ3n) is 5.14. The fourth-order valence-electron chi connectivity index (χ4n) is 3.28.